The van der Waals surface area contributed by atoms with Gasteiger partial charge in [-0.1, -0.05) is 56.5 Å². The first-order valence-corrected chi connectivity index (χ1v) is 5.92. The first-order chi connectivity index (χ1) is 7.12. The topological polar surface area (TPSA) is 20.2 Å². The molecule has 0 aliphatic carbocycles. The van der Waals surface area contributed by atoms with Gasteiger partial charge < -0.3 is 5.11 Å². The molecule has 15 heavy (non-hydrogen) atoms. The van der Waals surface area contributed by atoms with Crippen LogP contribution in [0.15, 0.2) is 24.3 Å². The monoisotopic (exact) mass is 206 g/mol. The van der Waals surface area contributed by atoms with Crippen LogP contribution in [0.1, 0.15) is 50.7 Å². The molecule has 1 nitrogen and oxygen atoms in total. The van der Waals surface area contributed by atoms with E-state index in [4.69, 9.17) is 0 Å². The molecule has 0 heterocycles. The van der Waals surface area contributed by atoms with Gasteiger partial charge in [-0.05, 0) is 25.3 Å². The van der Waals surface area contributed by atoms with Crippen molar-refractivity contribution in [3.63, 3.8) is 0 Å². The molecule has 0 spiro atoms. The first-order valence-electron chi connectivity index (χ1n) is 5.92. The highest BCUT2D eigenvalue weighted by molar-refractivity contribution is 5.27. The van der Waals surface area contributed by atoms with E-state index in [2.05, 4.69) is 32.9 Å². The third-order valence-electron chi connectivity index (χ3n) is 2.88. The van der Waals surface area contributed by atoms with Crippen molar-refractivity contribution in [3.05, 3.63) is 35.4 Å². The summed E-state index contributed by atoms with van der Waals surface area (Å²) in [6, 6.07) is 8.24. The van der Waals surface area contributed by atoms with Crippen molar-refractivity contribution in [2.45, 2.75) is 52.1 Å². The van der Waals surface area contributed by atoms with Crippen molar-refractivity contribution in [2.24, 2.45) is 0 Å². The molecule has 0 aliphatic rings. The smallest absolute Gasteiger partial charge is 0.0896 e. The number of hydrogen-bond acceptors (Lipinski definition) is 1. The summed E-state index contributed by atoms with van der Waals surface area (Å²) in [4.78, 5) is 0. The zero-order valence-electron chi connectivity index (χ0n) is 10.1. The van der Waals surface area contributed by atoms with E-state index in [1.165, 1.54) is 5.56 Å². The molecule has 1 aromatic rings. The molecular weight excluding hydrogens is 184 g/mol. The van der Waals surface area contributed by atoms with Crippen LogP contribution in [0.5, 0.6) is 0 Å². The van der Waals surface area contributed by atoms with E-state index in [0.29, 0.717) is 0 Å². The molecule has 0 bridgehead atoms. The lowest BCUT2D eigenvalue weighted by molar-refractivity contribution is 0.0169. The van der Waals surface area contributed by atoms with Crippen LogP contribution in [-0.2, 0) is 5.60 Å². The highest BCUT2D eigenvalue weighted by atomic mass is 16.3. The van der Waals surface area contributed by atoms with Gasteiger partial charge in [-0.2, -0.15) is 0 Å². The van der Waals surface area contributed by atoms with Gasteiger partial charge in [0.15, 0.2) is 0 Å². The Balaban J connectivity index is 2.97. The molecule has 0 atom stereocenters. The van der Waals surface area contributed by atoms with E-state index in [9.17, 15) is 5.11 Å². The Bertz CT molecular complexity index is 298. The molecular formula is C14H22O. The van der Waals surface area contributed by atoms with Gasteiger partial charge in [0, 0.05) is 0 Å². The number of aryl methyl sites for hydroxylation is 1. The van der Waals surface area contributed by atoms with E-state index >= 15 is 0 Å². The third kappa shape index (κ3) is 3.07. The maximum atomic E-state index is 10.6. The molecule has 0 aliphatic heterocycles. The average Bonchev–Trinajstić information content (AvgIpc) is 2.18. The summed E-state index contributed by atoms with van der Waals surface area (Å²) in [6.07, 6.45) is 3.74. The minimum atomic E-state index is -0.616. The zero-order chi connectivity index (χ0) is 11.3. The molecule has 84 valence electrons. The highest BCUT2D eigenvalue weighted by Gasteiger charge is 2.26. The molecule has 0 amide bonds. The number of rotatable bonds is 5. The van der Waals surface area contributed by atoms with Gasteiger partial charge in [-0.25, -0.2) is 0 Å². The second-order valence-electron chi connectivity index (χ2n) is 4.40. The van der Waals surface area contributed by atoms with Gasteiger partial charge in [0.1, 0.15) is 0 Å². The van der Waals surface area contributed by atoms with E-state index in [1.807, 2.05) is 12.1 Å². The predicted molar refractivity (Wildman–Crippen MR) is 64.9 cm³/mol. The molecule has 0 unspecified atom stereocenters. The molecule has 1 rings (SSSR count). The van der Waals surface area contributed by atoms with Gasteiger partial charge in [0.05, 0.1) is 5.60 Å². The summed E-state index contributed by atoms with van der Waals surface area (Å²) < 4.78 is 0. The van der Waals surface area contributed by atoms with Crippen LogP contribution < -0.4 is 0 Å². The zero-order valence-corrected chi connectivity index (χ0v) is 10.1. The minimum Gasteiger partial charge on any atom is -0.385 e. The first kappa shape index (κ1) is 12.3. The lowest BCUT2D eigenvalue weighted by Gasteiger charge is -2.28. The van der Waals surface area contributed by atoms with E-state index < -0.39 is 5.60 Å². The number of benzene rings is 1. The van der Waals surface area contributed by atoms with Crippen LogP contribution in [0, 0.1) is 6.92 Å². The standard InChI is InChI=1S/C14H22O/c1-4-9-14(15,10-5-2)13-8-6-7-12(3)11-13/h6-8,11,15H,4-5,9-10H2,1-3H3. The van der Waals surface area contributed by atoms with Crippen LogP contribution in [0.4, 0.5) is 0 Å². The molecule has 0 fully saturated rings. The maximum absolute atomic E-state index is 10.6. The molecule has 0 aromatic heterocycles. The van der Waals surface area contributed by atoms with Crippen molar-refractivity contribution in [1.82, 2.24) is 0 Å². The average molecular weight is 206 g/mol. The summed E-state index contributed by atoms with van der Waals surface area (Å²) in [5.74, 6) is 0. The van der Waals surface area contributed by atoms with Gasteiger partial charge in [-0.3, -0.25) is 0 Å². The fourth-order valence-electron chi connectivity index (χ4n) is 2.18. The fraction of sp³-hybridized carbons (Fsp3) is 0.571. The lowest BCUT2D eigenvalue weighted by atomic mass is 9.85. The Morgan fingerprint density at radius 3 is 2.20 bits per heavy atom. The van der Waals surface area contributed by atoms with E-state index in [-0.39, 0.29) is 0 Å². The largest absolute Gasteiger partial charge is 0.385 e. The van der Waals surface area contributed by atoms with E-state index in [0.717, 1.165) is 31.2 Å². The third-order valence-corrected chi connectivity index (χ3v) is 2.88. The van der Waals surface area contributed by atoms with Crippen LogP contribution in [0.25, 0.3) is 0 Å². The Kier molecular flexibility index (Phi) is 4.34. The second kappa shape index (κ2) is 5.32. The fourth-order valence-corrected chi connectivity index (χ4v) is 2.18. The SMILES string of the molecule is CCCC(O)(CCC)c1cccc(C)c1. The van der Waals surface area contributed by atoms with Crippen molar-refractivity contribution < 1.29 is 5.11 Å². The summed E-state index contributed by atoms with van der Waals surface area (Å²) in [5, 5.41) is 10.6. The number of hydrogen-bond donors (Lipinski definition) is 1. The van der Waals surface area contributed by atoms with Crippen LogP contribution in [-0.4, -0.2) is 5.11 Å². The normalized spacial score (nSPS) is 11.7. The molecule has 1 aromatic carbocycles. The summed E-state index contributed by atoms with van der Waals surface area (Å²) in [6.45, 7) is 6.31. The van der Waals surface area contributed by atoms with Gasteiger partial charge in [0.25, 0.3) is 0 Å². The van der Waals surface area contributed by atoms with E-state index in [1.54, 1.807) is 0 Å². The maximum Gasteiger partial charge on any atom is 0.0896 e. The quantitative estimate of drug-likeness (QED) is 0.777. The van der Waals surface area contributed by atoms with Crippen molar-refractivity contribution in [1.29, 1.82) is 0 Å². The second-order valence-corrected chi connectivity index (χ2v) is 4.40. The Morgan fingerprint density at radius 1 is 1.13 bits per heavy atom. The Hall–Kier alpha value is -0.820. The molecule has 0 saturated heterocycles. The van der Waals surface area contributed by atoms with Crippen LogP contribution >= 0.6 is 0 Å². The van der Waals surface area contributed by atoms with Crippen molar-refractivity contribution >= 4 is 0 Å². The van der Waals surface area contributed by atoms with Gasteiger partial charge in [0.2, 0.25) is 0 Å². The summed E-state index contributed by atoms with van der Waals surface area (Å²) in [7, 11) is 0. The lowest BCUT2D eigenvalue weighted by Crippen LogP contribution is -2.25. The molecule has 0 radical (unpaired) electrons. The minimum absolute atomic E-state index is 0.616. The summed E-state index contributed by atoms with van der Waals surface area (Å²) >= 11 is 0. The molecule has 1 N–H and O–H groups in total. The predicted octanol–water partition coefficient (Wildman–Crippen LogP) is 3.78. The molecule has 1 heteroatoms. The number of aliphatic hydroxyl groups is 1. The van der Waals surface area contributed by atoms with Crippen molar-refractivity contribution in [3.8, 4) is 0 Å². The van der Waals surface area contributed by atoms with Crippen LogP contribution in [0.3, 0.4) is 0 Å². The summed E-state index contributed by atoms with van der Waals surface area (Å²) in [5.41, 5.74) is 1.68. The Morgan fingerprint density at radius 2 is 1.73 bits per heavy atom. The van der Waals surface area contributed by atoms with Gasteiger partial charge in [-0.15, -0.1) is 0 Å². The van der Waals surface area contributed by atoms with Gasteiger partial charge >= 0.3 is 0 Å². The Labute approximate surface area is 93.1 Å². The van der Waals surface area contributed by atoms with Crippen LogP contribution in [0.2, 0.25) is 0 Å². The van der Waals surface area contributed by atoms with Crippen molar-refractivity contribution in [2.75, 3.05) is 0 Å². The highest BCUT2D eigenvalue weighted by Crippen LogP contribution is 2.31. The molecule has 0 saturated carbocycles.